The van der Waals surface area contributed by atoms with Crippen LogP contribution in [-0.2, 0) is 0 Å². The van der Waals surface area contributed by atoms with Crippen LogP contribution in [0.15, 0.2) is 0 Å². The minimum Gasteiger partial charge on any atom is -0.344 e. The Kier molecular flexibility index (Phi) is 2.84. The van der Waals surface area contributed by atoms with E-state index in [0.717, 1.165) is 22.9 Å². The van der Waals surface area contributed by atoms with Gasteiger partial charge in [-0.1, -0.05) is 12.8 Å². The van der Waals surface area contributed by atoms with E-state index in [4.69, 9.17) is 0 Å². The monoisotopic (exact) mass is 237 g/mol. The van der Waals surface area contributed by atoms with E-state index in [1.54, 1.807) is 11.5 Å². The molecule has 1 aliphatic heterocycles. The molecule has 2 fully saturated rings. The first-order valence-corrected chi connectivity index (χ1v) is 7.19. The van der Waals surface area contributed by atoms with Crippen molar-refractivity contribution in [1.82, 2.24) is 9.36 Å². The maximum absolute atomic E-state index is 4.56. The molecule has 1 saturated carbocycles. The summed E-state index contributed by atoms with van der Waals surface area (Å²) in [4.78, 5) is 7.10. The normalized spacial score (nSPS) is 30.2. The molecule has 88 valence electrons. The summed E-state index contributed by atoms with van der Waals surface area (Å²) in [5.41, 5.74) is 0. The molecule has 0 spiro atoms. The summed E-state index contributed by atoms with van der Waals surface area (Å²) >= 11 is 1.58. The molecule has 1 aliphatic carbocycles. The first kappa shape index (κ1) is 10.5. The van der Waals surface area contributed by atoms with E-state index in [1.165, 1.54) is 45.1 Å². The molecule has 1 aromatic rings. The van der Waals surface area contributed by atoms with E-state index in [9.17, 15) is 0 Å². The Balaban J connectivity index is 1.82. The summed E-state index contributed by atoms with van der Waals surface area (Å²) in [5.74, 6) is 1.85. The van der Waals surface area contributed by atoms with Gasteiger partial charge in [-0.25, -0.2) is 4.98 Å². The van der Waals surface area contributed by atoms with Crippen LogP contribution < -0.4 is 4.90 Å². The molecule has 2 unspecified atom stereocenters. The molecule has 4 heteroatoms. The Morgan fingerprint density at radius 2 is 2.00 bits per heavy atom. The van der Waals surface area contributed by atoms with E-state index in [-0.39, 0.29) is 0 Å². The number of hydrogen-bond donors (Lipinski definition) is 0. The van der Waals surface area contributed by atoms with Crippen molar-refractivity contribution in [2.24, 2.45) is 5.92 Å². The van der Waals surface area contributed by atoms with Crippen molar-refractivity contribution in [1.29, 1.82) is 0 Å². The molecule has 3 rings (SSSR count). The quantitative estimate of drug-likeness (QED) is 0.752. The number of piperidine rings is 1. The first-order chi connectivity index (χ1) is 7.84. The Bertz CT molecular complexity index is 361. The second-order valence-corrected chi connectivity index (χ2v) is 5.80. The molecule has 16 heavy (non-hydrogen) atoms. The van der Waals surface area contributed by atoms with Crippen LogP contribution in [0.4, 0.5) is 5.13 Å². The molecule has 0 bridgehead atoms. The van der Waals surface area contributed by atoms with Gasteiger partial charge < -0.3 is 4.90 Å². The van der Waals surface area contributed by atoms with Crippen LogP contribution in [0.25, 0.3) is 0 Å². The average Bonchev–Trinajstić information content (AvgIpc) is 2.75. The predicted octanol–water partition coefficient (Wildman–Crippen LogP) is 3.01. The summed E-state index contributed by atoms with van der Waals surface area (Å²) in [6, 6.07) is 0.759. The number of aromatic nitrogens is 2. The van der Waals surface area contributed by atoms with Gasteiger partial charge in [0.2, 0.25) is 5.13 Å². The smallest absolute Gasteiger partial charge is 0.205 e. The number of aryl methyl sites for hydroxylation is 1. The highest BCUT2D eigenvalue weighted by molar-refractivity contribution is 7.09. The lowest BCUT2D eigenvalue weighted by atomic mass is 9.78. The Labute approximate surface area is 101 Å². The fraction of sp³-hybridized carbons (Fsp3) is 0.833. The van der Waals surface area contributed by atoms with E-state index < -0.39 is 0 Å². The second kappa shape index (κ2) is 4.32. The summed E-state index contributed by atoms with van der Waals surface area (Å²) in [6.07, 6.45) is 8.39. The molecule has 0 aromatic carbocycles. The second-order valence-electron chi connectivity index (χ2n) is 5.07. The van der Waals surface area contributed by atoms with Gasteiger partial charge in [-0.2, -0.15) is 4.37 Å². The Morgan fingerprint density at radius 3 is 2.81 bits per heavy atom. The fourth-order valence-electron chi connectivity index (χ4n) is 3.27. The van der Waals surface area contributed by atoms with E-state index in [2.05, 4.69) is 14.3 Å². The standard InChI is InChI=1S/C12H19N3S/c1-9-13-12(16-14-9)15-8-4-6-10-5-2-3-7-11(10)15/h10-11H,2-8H2,1H3. The van der Waals surface area contributed by atoms with E-state index in [0.29, 0.717) is 0 Å². The van der Waals surface area contributed by atoms with Gasteiger partial charge in [-0.15, -0.1) is 0 Å². The van der Waals surface area contributed by atoms with Crippen LogP contribution in [0.2, 0.25) is 0 Å². The predicted molar refractivity (Wildman–Crippen MR) is 67.0 cm³/mol. The van der Waals surface area contributed by atoms with E-state index in [1.807, 2.05) is 6.92 Å². The molecule has 0 radical (unpaired) electrons. The maximum Gasteiger partial charge on any atom is 0.205 e. The van der Waals surface area contributed by atoms with Crippen LogP contribution >= 0.6 is 11.5 Å². The van der Waals surface area contributed by atoms with Gasteiger partial charge in [0.1, 0.15) is 5.82 Å². The van der Waals surface area contributed by atoms with Crippen LogP contribution in [0, 0.1) is 12.8 Å². The average molecular weight is 237 g/mol. The Hall–Kier alpha value is -0.640. The van der Waals surface area contributed by atoms with Gasteiger partial charge in [0.05, 0.1) is 0 Å². The van der Waals surface area contributed by atoms with Crippen LogP contribution in [0.5, 0.6) is 0 Å². The van der Waals surface area contributed by atoms with Gasteiger partial charge in [-0.05, 0) is 38.5 Å². The summed E-state index contributed by atoms with van der Waals surface area (Å²) in [5, 5.41) is 1.16. The zero-order valence-electron chi connectivity index (χ0n) is 9.85. The Morgan fingerprint density at radius 1 is 1.19 bits per heavy atom. The number of anilines is 1. The lowest BCUT2D eigenvalue weighted by Crippen LogP contribution is -2.46. The largest absolute Gasteiger partial charge is 0.344 e. The highest BCUT2D eigenvalue weighted by Crippen LogP contribution is 2.38. The van der Waals surface area contributed by atoms with Crippen molar-refractivity contribution in [3.05, 3.63) is 5.82 Å². The summed E-state index contributed by atoms with van der Waals surface area (Å²) in [6.45, 7) is 3.18. The van der Waals surface area contributed by atoms with Gasteiger partial charge >= 0.3 is 0 Å². The van der Waals surface area contributed by atoms with Crippen LogP contribution in [0.3, 0.4) is 0 Å². The number of hydrogen-bond acceptors (Lipinski definition) is 4. The number of nitrogens with zero attached hydrogens (tertiary/aromatic N) is 3. The maximum atomic E-state index is 4.56. The summed E-state index contributed by atoms with van der Waals surface area (Å²) < 4.78 is 4.32. The van der Waals surface area contributed by atoms with Crippen molar-refractivity contribution in [3.8, 4) is 0 Å². The van der Waals surface area contributed by atoms with Gasteiger partial charge in [0, 0.05) is 24.1 Å². The highest BCUT2D eigenvalue weighted by Gasteiger charge is 2.34. The van der Waals surface area contributed by atoms with Crippen LogP contribution in [-0.4, -0.2) is 21.9 Å². The lowest BCUT2D eigenvalue weighted by molar-refractivity contribution is 0.243. The van der Waals surface area contributed by atoms with Crippen LogP contribution in [0.1, 0.15) is 44.3 Å². The molecule has 1 aromatic heterocycles. The highest BCUT2D eigenvalue weighted by atomic mass is 32.1. The molecule has 0 amide bonds. The molecule has 2 heterocycles. The molecule has 3 nitrogen and oxygen atoms in total. The third kappa shape index (κ3) is 1.83. The molecular formula is C12H19N3S. The third-order valence-electron chi connectivity index (χ3n) is 4.01. The zero-order valence-corrected chi connectivity index (χ0v) is 10.7. The van der Waals surface area contributed by atoms with Crippen molar-refractivity contribution in [2.75, 3.05) is 11.4 Å². The molecular weight excluding hydrogens is 218 g/mol. The van der Waals surface area contributed by atoms with Crippen molar-refractivity contribution in [2.45, 2.75) is 51.5 Å². The van der Waals surface area contributed by atoms with Crippen molar-refractivity contribution in [3.63, 3.8) is 0 Å². The van der Waals surface area contributed by atoms with Gasteiger partial charge in [0.15, 0.2) is 0 Å². The molecule has 0 N–H and O–H groups in total. The summed E-state index contributed by atoms with van der Waals surface area (Å²) in [7, 11) is 0. The molecule has 2 aliphatic rings. The van der Waals surface area contributed by atoms with Gasteiger partial charge in [0.25, 0.3) is 0 Å². The fourth-order valence-corrected chi connectivity index (χ4v) is 4.02. The van der Waals surface area contributed by atoms with Gasteiger partial charge in [-0.3, -0.25) is 0 Å². The molecule has 2 atom stereocenters. The van der Waals surface area contributed by atoms with E-state index >= 15 is 0 Å². The van der Waals surface area contributed by atoms with Crippen molar-refractivity contribution < 1.29 is 0 Å². The number of fused-ring (bicyclic) bond motifs is 1. The topological polar surface area (TPSA) is 29.0 Å². The first-order valence-electron chi connectivity index (χ1n) is 6.41. The lowest BCUT2D eigenvalue weighted by Gasteiger charge is -2.43. The van der Waals surface area contributed by atoms with Crippen molar-refractivity contribution >= 4 is 16.7 Å². The number of rotatable bonds is 1. The SMILES string of the molecule is Cc1nsc(N2CCCC3CCCCC32)n1. The third-order valence-corrected chi connectivity index (χ3v) is 4.85. The molecule has 1 saturated heterocycles. The zero-order chi connectivity index (χ0) is 11.0. The minimum atomic E-state index is 0.759. The minimum absolute atomic E-state index is 0.759.